The Morgan fingerprint density at radius 3 is 2.52 bits per heavy atom. The van der Waals surface area contributed by atoms with Gasteiger partial charge < -0.3 is 4.74 Å². The molecule has 31 heavy (non-hydrogen) atoms. The summed E-state index contributed by atoms with van der Waals surface area (Å²) in [6, 6.07) is 15.5. The van der Waals surface area contributed by atoms with Crippen molar-refractivity contribution in [1.82, 2.24) is 9.80 Å². The highest BCUT2D eigenvalue weighted by molar-refractivity contribution is 6.42. The minimum Gasteiger partial charge on any atom is -0.447 e. The molecule has 2 heterocycles. The van der Waals surface area contributed by atoms with Gasteiger partial charge in [-0.25, -0.2) is 9.69 Å². The minimum atomic E-state index is -0.543. The number of hydrogen-bond donors (Lipinski definition) is 0. The fourth-order valence-electron chi connectivity index (χ4n) is 4.55. The standard InChI is InChI=1S/C24H26Cl2N2O3/c1-15(2)22-14-31-24(30)28(22)23(29)19-13-27(11-16-6-4-3-5-7-16)12-18(19)17-8-9-20(25)21(26)10-17/h3-10,15,18-19,22H,11-14H2,1-2H3/t18-,19+,22-/m1/s1. The van der Waals surface area contributed by atoms with Crippen molar-refractivity contribution in [2.24, 2.45) is 11.8 Å². The number of imide groups is 1. The number of cyclic esters (lactones) is 1. The lowest BCUT2D eigenvalue weighted by atomic mass is 9.87. The van der Waals surface area contributed by atoms with Crippen LogP contribution in [0.4, 0.5) is 4.79 Å². The van der Waals surface area contributed by atoms with Gasteiger partial charge in [0, 0.05) is 25.6 Å². The van der Waals surface area contributed by atoms with Gasteiger partial charge in [-0.3, -0.25) is 9.69 Å². The molecule has 0 bridgehead atoms. The zero-order valence-corrected chi connectivity index (χ0v) is 19.1. The van der Waals surface area contributed by atoms with Crippen LogP contribution in [0.25, 0.3) is 0 Å². The van der Waals surface area contributed by atoms with Crippen molar-refractivity contribution in [3.63, 3.8) is 0 Å². The molecule has 2 amide bonds. The second-order valence-electron chi connectivity index (χ2n) is 8.66. The summed E-state index contributed by atoms with van der Waals surface area (Å²) in [6.45, 7) is 6.24. The van der Waals surface area contributed by atoms with E-state index in [-0.39, 0.29) is 36.3 Å². The van der Waals surface area contributed by atoms with Gasteiger partial charge >= 0.3 is 6.09 Å². The van der Waals surface area contributed by atoms with E-state index in [0.717, 1.165) is 12.1 Å². The monoisotopic (exact) mass is 460 g/mol. The van der Waals surface area contributed by atoms with Crippen LogP contribution in [0.5, 0.6) is 0 Å². The summed E-state index contributed by atoms with van der Waals surface area (Å²) in [7, 11) is 0. The molecule has 2 aromatic rings. The average Bonchev–Trinajstić information content (AvgIpc) is 3.34. The minimum absolute atomic E-state index is 0.0906. The maximum atomic E-state index is 13.6. The van der Waals surface area contributed by atoms with Gasteiger partial charge in [0.05, 0.1) is 22.0 Å². The van der Waals surface area contributed by atoms with Crippen LogP contribution in [0, 0.1) is 11.8 Å². The van der Waals surface area contributed by atoms with E-state index in [9.17, 15) is 9.59 Å². The Balaban J connectivity index is 1.63. The molecular weight excluding hydrogens is 435 g/mol. The smallest absolute Gasteiger partial charge is 0.416 e. The van der Waals surface area contributed by atoms with Gasteiger partial charge in [0.1, 0.15) is 6.61 Å². The maximum absolute atomic E-state index is 13.6. The Morgan fingerprint density at radius 1 is 1.10 bits per heavy atom. The highest BCUT2D eigenvalue weighted by Gasteiger charge is 2.47. The molecule has 5 nitrogen and oxygen atoms in total. The van der Waals surface area contributed by atoms with Crippen LogP contribution in [0.1, 0.15) is 30.9 Å². The molecule has 0 aromatic heterocycles. The lowest BCUT2D eigenvalue weighted by Gasteiger charge is -2.27. The van der Waals surface area contributed by atoms with E-state index in [1.165, 1.54) is 10.5 Å². The number of carbonyl (C=O) groups excluding carboxylic acids is 2. The molecule has 0 N–H and O–H groups in total. The first-order chi connectivity index (χ1) is 14.8. The summed E-state index contributed by atoms with van der Waals surface area (Å²) in [5.74, 6) is -0.506. The number of carbonyl (C=O) groups is 2. The Morgan fingerprint density at radius 2 is 1.84 bits per heavy atom. The molecule has 3 atom stereocenters. The van der Waals surface area contributed by atoms with Gasteiger partial charge in [-0.15, -0.1) is 0 Å². The summed E-state index contributed by atoms with van der Waals surface area (Å²) in [4.78, 5) is 29.7. The second-order valence-corrected chi connectivity index (χ2v) is 9.48. The molecule has 0 saturated carbocycles. The number of ether oxygens (including phenoxy) is 1. The molecular formula is C24H26Cl2N2O3. The van der Waals surface area contributed by atoms with Gasteiger partial charge in [0.2, 0.25) is 5.91 Å². The predicted octanol–water partition coefficient (Wildman–Crippen LogP) is 5.21. The molecule has 0 radical (unpaired) electrons. The fraction of sp³-hybridized carbons (Fsp3) is 0.417. The lowest BCUT2D eigenvalue weighted by molar-refractivity contribution is -0.134. The van der Waals surface area contributed by atoms with E-state index in [2.05, 4.69) is 17.0 Å². The van der Waals surface area contributed by atoms with E-state index < -0.39 is 6.09 Å². The first-order valence-electron chi connectivity index (χ1n) is 10.6. The van der Waals surface area contributed by atoms with Crippen LogP contribution >= 0.6 is 23.2 Å². The van der Waals surface area contributed by atoms with Crippen LogP contribution in [-0.2, 0) is 16.1 Å². The van der Waals surface area contributed by atoms with E-state index in [4.69, 9.17) is 27.9 Å². The summed E-state index contributed by atoms with van der Waals surface area (Å²) in [5.41, 5.74) is 2.14. The van der Waals surface area contributed by atoms with Crippen molar-refractivity contribution < 1.29 is 14.3 Å². The SMILES string of the molecule is CC(C)[C@H]1COC(=O)N1C(=O)[C@H]1CN(Cc2ccccc2)C[C@@H]1c1ccc(Cl)c(Cl)c1. The van der Waals surface area contributed by atoms with Crippen molar-refractivity contribution in [3.05, 3.63) is 69.7 Å². The van der Waals surface area contributed by atoms with E-state index in [1.807, 2.05) is 44.2 Å². The van der Waals surface area contributed by atoms with E-state index >= 15 is 0 Å². The van der Waals surface area contributed by atoms with Gasteiger partial charge in [-0.2, -0.15) is 0 Å². The number of nitrogens with zero attached hydrogens (tertiary/aromatic N) is 2. The van der Waals surface area contributed by atoms with Gasteiger partial charge in [0.25, 0.3) is 0 Å². The molecule has 2 aromatic carbocycles. The number of halogens is 2. The van der Waals surface area contributed by atoms with E-state index in [0.29, 0.717) is 23.1 Å². The number of likely N-dealkylation sites (tertiary alicyclic amines) is 1. The number of benzene rings is 2. The predicted molar refractivity (Wildman–Crippen MR) is 121 cm³/mol. The molecule has 0 unspecified atom stereocenters. The quantitative estimate of drug-likeness (QED) is 0.613. The molecule has 2 aliphatic heterocycles. The number of amides is 2. The molecule has 0 spiro atoms. The topological polar surface area (TPSA) is 49.9 Å². The van der Waals surface area contributed by atoms with Crippen LogP contribution in [0.15, 0.2) is 48.5 Å². The highest BCUT2D eigenvalue weighted by Crippen LogP contribution is 2.38. The van der Waals surface area contributed by atoms with Crippen LogP contribution in [-0.4, -0.2) is 47.5 Å². The van der Waals surface area contributed by atoms with Gasteiger partial charge in [-0.1, -0.05) is 73.4 Å². The maximum Gasteiger partial charge on any atom is 0.416 e. The highest BCUT2D eigenvalue weighted by atomic mass is 35.5. The van der Waals surface area contributed by atoms with Crippen LogP contribution in [0.2, 0.25) is 10.0 Å². The van der Waals surface area contributed by atoms with E-state index in [1.54, 1.807) is 6.07 Å². The second kappa shape index (κ2) is 9.19. The third kappa shape index (κ3) is 4.59. The Kier molecular flexibility index (Phi) is 6.56. The summed E-state index contributed by atoms with van der Waals surface area (Å²) >= 11 is 12.4. The summed E-state index contributed by atoms with van der Waals surface area (Å²) in [6.07, 6.45) is -0.543. The Hall–Kier alpha value is -2.08. The average molecular weight is 461 g/mol. The molecule has 2 aliphatic rings. The molecule has 2 saturated heterocycles. The van der Waals surface area contributed by atoms with Crippen molar-refractivity contribution in [1.29, 1.82) is 0 Å². The van der Waals surface area contributed by atoms with Crippen molar-refractivity contribution in [2.45, 2.75) is 32.4 Å². The fourth-order valence-corrected chi connectivity index (χ4v) is 4.85. The Bertz CT molecular complexity index is 967. The first kappa shape index (κ1) is 22.1. The van der Waals surface area contributed by atoms with Crippen molar-refractivity contribution >= 4 is 35.2 Å². The third-order valence-electron chi connectivity index (χ3n) is 6.25. The van der Waals surface area contributed by atoms with Crippen LogP contribution < -0.4 is 0 Å². The van der Waals surface area contributed by atoms with Gasteiger partial charge in [-0.05, 0) is 29.2 Å². The normalized spacial score (nSPS) is 24.1. The number of hydrogen-bond acceptors (Lipinski definition) is 4. The molecule has 2 fully saturated rings. The van der Waals surface area contributed by atoms with Gasteiger partial charge in [0.15, 0.2) is 0 Å². The van der Waals surface area contributed by atoms with Crippen molar-refractivity contribution in [3.8, 4) is 0 Å². The largest absolute Gasteiger partial charge is 0.447 e. The number of rotatable bonds is 5. The zero-order valence-electron chi connectivity index (χ0n) is 17.6. The third-order valence-corrected chi connectivity index (χ3v) is 6.99. The molecule has 164 valence electrons. The summed E-state index contributed by atoms with van der Waals surface area (Å²) in [5, 5.41) is 0.947. The Labute approximate surface area is 192 Å². The summed E-state index contributed by atoms with van der Waals surface area (Å²) < 4.78 is 5.23. The molecule has 7 heteroatoms. The first-order valence-corrected chi connectivity index (χ1v) is 11.3. The van der Waals surface area contributed by atoms with Crippen LogP contribution in [0.3, 0.4) is 0 Å². The lowest BCUT2D eigenvalue weighted by Crippen LogP contribution is -2.46. The molecule has 0 aliphatic carbocycles. The van der Waals surface area contributed by atoms with Crippen molar-refractivity contribution in [2.75, 3.05) is 19.7 Å². The molecule has 4 rings (SSSR count). The zero-order chi connectivity index (χ0) is 22.1.